The van der Waals surface area contributed by atoms with E-state index in [0.29, 0.717) is 52.2 Å². The Morgan fingerprint density at radius 2 is 1.88 bits per heavy atom. The first-order valence-electron chi connectivity index (χ1n) is 10.5. The predicted octanol–water partition coefficient (Wildman–Crippen LogP) is 4.24. The SMILES string of the molecule is CCNc1ncc(-c2nc3cc(OC)c(OC)cc3o2)c2cc(NC(=O)C3CC3)ncc12. The summed E-state index contributed by atoms with van der Waals surface area (Å²) in [5.41, 5.74) is 1.90. The van der Waals surface area contributed by atoms with Crippen molar-refractivity contribution in [1.29, 1.82) is 0 Å². The summed E-state index contributed by atoms with van der Waals surface area (Å²) < 4.78 is 16.8. The zero-order chi connectivity index (χ0) is 22.2. The minimum atomic E-state index is 0.000384. The maximum Gasteiger partial charge on any atom is 0.229 e. The molecule has 0 atom stereocenters. The highest BCUT2D eigenvalue weighted by Crippen LogP contribution is 2.37. The lowest BCUT2D eigenvalue weighted by Gasteiger charge is -2.11. The Labute approximate surface area is 184 Å². The molecular weight excluding hydrogens is 410 g/mol. The second kappa shape index (κ2) is 7.99. The average Bonchev–Trinajstić information content (AvgIpc) is 3.58. The molecule has 3 aromatic heterocycles. The van der Waals surface area contributed by atoms with Gasteiger partial charge in [0.25, 0.3) is 0 Å². The van der Waals surface area contributed by atoms with Crippen molar-refractivity contribution >= 4 is 39.4 Å². The zero-order valence-electron chi connectivity index (χ0n) is 18.1. The lowest BCUT2D eigenvalue weighted by molar-refractivity contribution is -0.117. The van der Waals surface area contributed by atoms with Crippen LogP contribution in [0.2, 0.25) is 0 Å². The number of carbonyl (C=O) groups is 1. The zero-order valence-corrected chi connectivity index (χ0v) is 18.1. The molecule has 32 heavy (non-hydrogen) atoms. The number of aromatic nitrogens is 3. The van der Waals surface area contributed by atoms with Gasteiger partial charge in [0.1, 0.15) is 17.2 Å². The first-order valence-corrected chi connectivity index (χ1v) is 10.5. The van der Waals surface area contributed by atoms with Crippen molar-refractivity contribution in [3.8, 4) is 23.0 Å². The molecule has 0 saturated heterocycles. The number of fused-ring (bicyclic) bond motifs is 2. The summed E-state index contributed by atoms with van der Waals surface area (Å²) in [6.07, 6.45) is 5.27. The van der Waals surface area contributed by atoms with E-state index in [2.05, 4.69) is 25.6 Å². The molecule has 4 aromatic rings. The van der Waals surface area contributed by atoms with E-state index in [1.165, 1.54) is 0 Å². The van der Waals surface area contributed by atoms with Crippen molar-refractivity contribution in [2.75, 3.05) is 31.4 Å². The minimum Gasteiger partial charge on any atom is -0.493 e. The first kappa shape index (κ1) is 20.0. The molecule has 1 fully saturated rings. The number of carbonyl (C=O) groups excluding carboxylic acids is 1. The summed E-state index contributed by atoms with van der Waals surface area (Å²) in [4.78, 5) is 25.9. The third-order valence-electron chi connectivity index (χ3n) is 5.44. The Hall–Kier alpha value is -3.88. The molecule has 1 amide bonds. The van der Waals surface area contributed by atoms with Gasteiger partial charge in [0, 0.05) is 47.8 Å². The average molecular weight is 433 g/mol. The number of pyridine rings is 2. The van der Waals surface area contributed by atoms with Crippen LogP contribution >= 0.6 is 0 Å². The number of nitrogens with zero attached hydrogens (tertiary/aromatic N) is 3. The second-order valence-electron chi connectivity index (χ2n) is 7.62. The van der Waals surface area contributed by atoms with Crippen molar-refractivity contribution < 1.29 is 18.7 Å². The molecular formula is C23H23N5O4. The molecule has 0 unspecified atom stereocenters. The van der Waals surface area contributed by atoms with E-state index < -0.39 is 0 Å². The van der Waals surface area contributed by atoms with Crippen LogP contribution in [0.4, 0.5) is 11.6 Å². The lowest BCUT2D eigenvalue weighted by Crippen LogP contribution is -2.14. The first-order chi connectivity index (χ1) is 15.6. The number of oxazole rings is 1. The molecule has 9 heteroatoms. The Kier molecular flexibility index (Phi) is 5.01. The third kappa shape index (κ3) is 3.55. The van der Waals surface area contributed by atoms with Gasteiger partial charge in [-0.1, -0.05) is 0 Å². The molecule has 1 saturated carbocycles. The number of nitrogens with one attached hydrogen (secondary N) is 2. The topological polar surface area (TPSA) is 111 Å². The second-order valence-corrected chi connectivity index (χ2v) is 7.62. The van der Waals surface area contributed by atoms with E-state index in [4.69, 9.17) is 13.9 Å². The highest BCUT2D eigenvalue weighted by atomic mass is 16.5. The molecule has 0 spiro atoms. The number of benzene rings is 1. The molecule has 2 N–H and O–H groups in total. The van der Waals surface area contributed by atoms with Crippen molar-refractivity contribution in [1.82, 2.24) is 15.0 Å². The van der Waals surface area contributed by atoms with Gasteiger partial charge in [-0.2, -0.15) is 0 Å². The van der Waals surface area contributed by atoms with E-state index in [0.717, 1.165) is 23.6 Å². The van der Waals surface area contributed by atoms with E-state index in [1.54, 1.807) is 38.7 Å². The van der Waals surface area contributed by atoms with Gasteiger partial charge in [0.05, 0.1) is 19.8 Å². The summed E-state index contributed by atoms with van der Waals surface area (Å²) in [6.45, 7) is 2.71. The van der Waals surface area contributed by atoms with Crippen molar-refractivity contribution in [3.05, 3.63) is 30.6 Å². The molecule has 0 bridgehead atoms. The fourth-order valence-corrected chi connectivity index (χ4v) is 3.63. The third-order valence-corrected chi connectivity index (χ3v) is 5.44. The van der Waals surface area contributed by atoms with Crippen LogP contribution in [0.3, 0.4) is 0 Å². The molecule has 9 nitrogen and oxygen atoms in total. The van der Waals surface area contributed by atoms with Crippen LogP contribution in [-0.4, -0.2) is 41.6 Å². The Morgan fingerprint density at radius 3 is 2.59 bits per heavy atom. The van der Waals surface area contributed by atoms with Gasteiger partial charge in [-0.25, -0.2) is 15.0 Å². The number of rotatable bonds is 7. The summed E-state index contributed by atoms with van der Waals surface area (Å²) in [5.74, 6) is 2.81. The number of amides is 1. The van der Waals surface area contributed by atoms with E-state index >= 15 is 0 Å². The summed E-state index contributed by atoms with van der Waals surface area (Å²) in [6, 6.07) is 5.35. The van der Waals surface area contributed by atoms with Crippen molar-refractivity contribution in [2.24, 2.45) is 5.92 Å². The quantitative estimate of drug-likeness (QED) is 0.445. The minimum absolute atomic E-state index is 0.000384. The van der Waals surface area contributed by atoms with Crippen molar-refractivity contribution in [2.45, 2.75) is 19.8 Å². The van der Waals surface area contributed by atoms with E-state index in [-0.39, 0.29) is 11.8 Å². The summed E-state index contributed by atoms with van der Waals surface area (Å²) >= 11 is 0. The molecule has 3 heterocycles. The van der Waals surface area contributed by atoms with Crippen molar-refractivity contribution in [3.63, 3.8) is 0 Å². The van der Waals surface area contributed by atoms with Crippen LogP contribution in [0.25, 0.3) is 33.3 Å². The van der Waals surface area contributed by atoms with Gasteiger partial charge in [-0.05, 0) is 25.8 Å². The van der Waals surface area contributed by atoms with Gasteiger partial charge < -0.3 is 24.5 Å². The fourth-order valence-electron chi connectivity index (χ4n) is 3.63. The monoisotopic (exact) mass is 433 g/mol. The van der Waals surface area contributed by atoms with Gasteiger partial charge in [-0.3, -0.25) is 4.79 Å². The lowest BCUT2D eigenvalue weighted by atomic mass is 10.1. The largest absolute Gasteiger partial charge is 0.493 e. The van der Waals surface area contributed by atoms with Crippen LogP contribution in [0.1, 0.15) is 19.8 Å². The summed E-state index contributed by atoms with van der Waals surface area (Å²) in [5, 5.41) is 7.79. The molecule has 1 aromatic carbocycles. The van der Waals surface area contributed by atoms with Crippen LogP contribution in [-0.2, 0) is 4.79 Å². The van der Waals surface area contributed by atoms with Crippen LogP contribution in [0, 0.1) is 5.92 Å². The van der Waals surface area contributed by atoms with Crippen LogP contribution in [0.5, 0.6) is 11.5 Å². The maximum atomic E-state index is 12.2. The molecule has 164 valence electrons. The van der Waals surface area contributed by atoms with Crippen LogP contribution < -0.4 is 20.1 Å². The standard InChI is InChI=1S/C23H23N5O4/c1-4-24-21-14-10-25-20(28-22(29)12-5-6-12)7-13(14)15(11-26-21)23-27-16-8-18(30-2)19(31-3)9-17(16)32-23/h7-12H,4-6H2,1-3H3,(H,24,26)(H,25,28,29). The molecule has 0 radical (unpaired) electrons. The number of ether oxygens (including phenoxy) is 2. The number of methoxy groups -OCH3 is 2. The number of hydrogen-bond acceptors (Lipinski definition) is 8. The predicted molar refractivity (Wildman–Crippen MR) is 121 cm³/mol. The van der Waals surface area contributed by atoms with E-state index in [9.17, 15) is 4.79 Å². The van der Waals surface area contributed by atoms with E-state index in [1.807, 2.05) is 13.0 Å². The number of hydrogen-bond donors (Lipinski definition) is 2. The normalized spacial score (nSPS) is 13.3. The Balaban J connectivity index is 1.64. The molecule has 5 rings (SSSR count). The maximum absolute atomic E-state index is 12.2. The van der Waals surface area contributed by atoms with Gasteiger partial charge in [0.15, 0.2) is 17.1 Å². The number of anilines is 2. The van der Waals surface area contributed by atoms with Crippen LogP contribution in [0.15, 0.2) is 35.0 Å². The van der Waals surface area contributed by atoms with Gasteiger partial charge in [0.2, 0.25) is 11.8 Å². The Bertz CT molecular complexity index is 1290. The summed E-state index contributed by atoms with van der Waals surface area (Å²) in [7, 11) is 3.15. The fraction of sp³-hybridized carbons (Fsp3) is 0.304. The smallest absolute Gasteiger partial charge is 0.229 e. The molecule has 1 aliphatic carbocycles. The Morgan fingerprint density at radius 1 is 1.09 bits per heavy atom. The molecule has 1 aliphatic rings. The van der Waals surface area contributed by atoms with Gasteiger partial charge >= 0.3 is 0 Å². The molecule has 0 aliphatic heterocycles. The highest BCUT2D eigenvalue weighted by molar-refractivity contribution is 6.03. The van der Waals surface area contributed by atoms with Gasteiger partial charge in [-0.15, -0.1) is 0 Å². The highest BCUT2D eigenvalue weighted by Gasteiger charge is 2.30.